The lowest BCUT2D eigenvalue weighted by molar-refractivity contribution is 0.0235. The van der Waals surface area contributed by atoms with Crippen LogP contribution in [0.3, 0.4) is 0 Å². The van der Waals surface area contributed by atoms with E-state index in [4.69, 9.17) is 9.47 Å². The summed E-state index contributed by atoms with van der Waals surface area (Å²) in [5, 5.41) is 6.87. The quantitative estimate of drug-likeness (QED) is 0.888. The maximum atomic E-state index is 12.3. The smallest absolute Gasteiger partial charge is 0.410 e. The number of fused-ring (bicyclic) bond motifs is 1. The van der Waals surface area contributed by atoms with Crippen LogP contribution in [0.5, 0.6) is 5.75 Å². The summed E-state index contributed by atoms with van der Waals surface area (Å²) in [6.45, 7) is 6.96. The Morgan fingerprint density at radius 3 is 2.52 bits per heavy atom. The fourth-order valence-corrected chi connectivity index (χ4v) is 2.45. The van der Waals surface area contributed by atoms with Gasteiger partial charge in [-0.3, -0.25) is 9.48 Å². The fraction of sp³-hybridized carbons (Fsp3) is 0.667. The standard InChI is InChI=1S/C15H24N4O4/c1-15(2,3)23-14(21)18-7-6-8-19-10(9-18)12(22-5)11(17-19)13(20)16-4/h6-9H2,1-5H3,(H,16,20). The number of rotatable bonds is 2. The third-order valence-corrected chi connectivity index (χ3v) is 3.45. The van der Waals surface area contributed by atoms with Crippen molar-refractivity contribution in [2.45, 2.75) is 45.9 Å². The summed E-state index contributed by atoms with van der Waals surface area (Å²) in [7, 11) is 3.03. The van der Waals surface area contributed by atoms with Gasteiger partial charge < -0.3 is 19.7 Å². The van der Waals surface area contributed by atoms with Gasteiger partial charge in [0.25, 0.3) is 5.91 Å². The van der Waals surface area contributed by atoms with E-state index in [0.717, 1.165) is 6.42 Å². The Morgan fingerprint density at radius 2 is 1.96 bits per heavy atom. The number of aryl methyl sites for hydroxylation is 1. The van der Waals surface area contributed by atoms with Crippen LogP contribution >= 0.6 is 0 Å². The predicted molar refractivity (Wildman–Crippen MR) is 83.4 cm³/mol. The van der Waals surface area contributed by atoms with E-state index in [1.807, 2.05) is 20.8 Å². The van der Waals surface area contributed by atoms with Crippen LogP contribution in [0.15, 0.2) is 0 Å². The minimum Gasteiger partial charge on any atom is -0.492 e. The number of hydrogen-bond acceptors (Lipinski definition) is 5. The van der Waals surface area contributed by atoms with E-state index < -0.39 is 5.60 Å². The fourth-order valence-electron chi connectivity index (χ4n) is 2.45. The third-order valence-electron chi connectivity index (χ3n) is 3.45. The molecule has 0 spiro atoms. The topological polar surface area (TPSA) is 85.7 Å². The molecule has 0 fully saturated rings. The van der Waals surface area contributed by atoms with Gasteiger partial charge in [0.1, 0.15) is 11.3 Å². The van der Waals surface area contributed by atoms with E-state index in [-0.39, 0.29) is 17.7 Å². The Kier molecular flexibility index (Phi) is 4.82. The number of amides is 2. The minimum absolute atomic E-state index is 0.232. The van der Waals surface area contributed by atoms with Gasteiger partial charge >= 0.3 is 6.09 Å². The summed E-state index contributed by atoms with van der Waals surface area (Å²) in [6, 6.07) is 0. The molecule has 0 radical (unpaired) electrons. The van der Waals surface area contributed by atoms with Crippen molar-refractivity contribution < 1.29 is 19.1 Å². The summed E-state index contributed by atoms with van der Waals surface area (Å²) in [5.41, 5.74) is 0.381. The molecule has 1 aromatic rings. The zero-order valence-corrected chi connectivity index (χ0v) is 14.3. The molecule has 1 N–H and O–H groups in total. The Labute approximate surface area is 135 Å². The lowest BCUT2D eigenvalue weighted by Gasteiger charge is -2.26. The summed E-state index contributed by atoms with van der Waals surface area (Å²) >= 11 is 0. The second-order valence-corrected chi connectivity index (χ2v) is 6.39. The maximum absolute atomic E-state index is 12.3. The molecule has 2 heterocycles. The normalized spacial score (nSPS) is 14.7. The summed E-state index contributed by atoms with van der Waals surface area (Å²) in [5.74, 6) is 0.0889. The van der Waals surface area contributed by atoms with E-state index in [1.54, 1.807) is 16.6 Å². The van der Waals surface area contributed by atoms with Crippen molar-refractivity contribution in [3.63, 3.8) is 0 Å². The molecule has 2 amide bonds. The number of nitrogens with one attached hydrogen (secondary N) is 1. The average Bonchev–Trinajstić information content (AvgIpc) is 2.67. The molecule has 23 heavy (non-hydrogen) atoms. The molecule has 0 unspecified atom stereocenters. The molecule has 0 saturated carbocycles. The molecule has 0 atom stereocenters. The number of hydrogen-bond donors (Lipinski definition) is 1. The molecule has 0 aromatic carbocycles. The van der Waals surface area contributed by atoms with Gasteiger partial charge in [-0.25, -0.2) is 4.79 Å². The van der Waals surface area contributed by atoms with Gasteiger partial charge in [-0.15, -0.1) is 0 Å². The largest absolute Gasteiger partial charge is 0.492 e. The monoisotopic (exact) mass is 324 g/mol. The van der Waals surface area contributed by atoms with Crippen LogP contribution in [-0.4, -0.2) is 53.0 Å². The van der Waals surface area contributed by atoms with Gasteiger partial charge in [0.2, 0.25) is 0 Å². The van der Waals surface area contributed by atoms with Crippen molar-refractivity contribution in [3.05, 3.63) is 11.4 Å². The number of methoxy groups -OCH3 is 1. The summed E-state index contributed by atoms with van der Waals surface area (Å²) in [4.78, 5) is 25.9. The number of ether oxygens (including phenoxy) is 2. The van der Waals surface area contributed by atoms with Gasteiger partial charge in [-0.1, -0.05) is 0 Å². The first kappa shape index (κ1) is 17.1. The first-order valence-electron chi connectivity index (χ1n) is 7.60. The van der Waals surface area contributed by atoms with Crippen LogP contribution in [0.2, 0.25) is 0 Å². The molecule has 1 aliphatic rings. The first-order chi connectivity index (χ1) is 10.8. The van der Waals surface area contributed by atoms with Crippen molar-refractivity contribution in [2.75, 3.05) is 20.7 Å². The van der Waals surface area contributed by atoms with E-state index in [1.165, 1.54) is 7.11 Å². The van der Waals surface area contributed by atoms with E-state index in [0.29, 0.717) is 31.1 Å². The number of nitrogens with zero attached hydrogens (tertiary/aromatic N) is 3. The van der Waals surface area contributed by atoms with Crippen LogP contribution in [0, 0.1) is 0 Å². The average molecular weight is 324 g/mol. The predicted octanol–water partition coefficient (Wildman–Crippen LogP) is 1.39. The highest BCUT2D eigenvalue weighted by molar-refractivity contribution is 5.95. The van der Waals surface area contributed by atoms with Crippen LogP contribution < -0.4 is 10.1 Å². The third kappa shape index (κ3) is 3.75. The molecule has 0 bridgehead atoms. The van der Waals surface area contributed by atoms with Crippen LogP contribution in [0.25, 0.3) is 0 Å². The lowest BCUT2D eigenvalue weighted by Crippen LogP contribution is -2.36. The molecule has 1 aliphatic heterocycles. The molecule has 8 heteroatoms. The van der Waals surface area contributed by atoms with Crippen LogP contribution in [-0.2, 0) is 17.8 Å². The van der Waals surface area contributed by atoms with Gasteiger partial charge in [-0.05, 0) is 27.2 Å². The Hall–Kier alpha value is -2.25. The van der Waals surface area contributed by atoms with Crippen molar-refractivity contribution in [2.24, 2.45) is 0 Å². The van der Waals surface area contributed by atoms with Gasteiger partial charge in [-0.2, -0.15) is 5.10 Å². The Bertz CT molecular complexity index is 603. The highest BCUT2D eigenvalue weighted by atomic mass is 16.6. The number of aromatic nitrogens is 2. The molecule has 0 aliphatic carbocycles. The van der Waals surface area contributed by atoms with Crippen molar-refractivity contribution >= 4 is 12.0 Å². The molecular weight excluding hydrogens is 300 g/mol. The number of carbonyl (C=O) groups is 2. The first-order valence-corrected chi connectivity index (χ1v) is 7.60. The van der Waals surface area contributed by atoms with Gasteiger partial charge in [0.05, 0.1) is 13.7 Å². The molecule has 128 valence electrons. The van der Waals surface area contributed by atoms with Crippen molar-refractivity contribution in [1.29, 1.82) is 0 Å². The zero-order valence-electron chi connectivity index (χ0n) is 14.3. The molecule has 1 aromatic heterocycles. The number of carbonyl (C=O) groups excluding carboxylic acids is 2. The molecule has 2 rings (SSSR count). The highest BCUT2D eigenvalue weighted by Crippen LogP contribution is 2.28. The zero-order chi connectivity index (χ0) is 17.2. The van der Waals surface area contributed by atoms with Gasteiger partial charge in [0.15, 0.2) is 11.4 Å². The van der Waals surface area contributed by atoms with E-state index >= 15 is 0 Å². The van der Waals surface area contributed by atoms with E-state index in [2.05, 4.69) is 10.4 Å². The van der Waals surface area contributed by atoms with Crippen LogP contribution in [0.4, 0.5) is 4.79 Å². The van der Waals surface area contributed by atoms with Crippen molar-refractivity contribution in [3.8, 4) is 5.75 Å². The second kappa shape index (κ2) is 6.47. The molecule has 0 saturated heterocycles. The summed E-state index contributed by atoms with van der Waals surface area (Å²) in [6.07, 6.45) is 0.347. The molecule has 8 nitrogen and oxygen atoms in total. The molecular formula is C15H24N4O4. The van der Waals surface area contributed by atoms with Gasteiger partial charge in [0, 0.05) is 20.1 Å². The summed E-state index contributed by atoms with van der Waals surface area (Å²) < 4.78 is 12.5. The highest BCUT2D eigenvalue weighted by Gasteiger charge is 2.30. The lowest BCUT2D eigenvalue weighted by atomic mass is 10.2. The second-order valence-electron chi connectivity index (χ2n) is 6.39. The maximum Gasteiger partial charge on any atom is 0.410 e. The minimum atomic E-state index is -0.555. The SMILES string of the molecule is CNC(=O)c1nn2c(c1OC)CN(C(=O)OC(C)(C)C)CCC2. The Morgan fingerprint density at radius 1 is 1.26 bits per heavy atom. The Balaban J connectivity index is 2.30. The van der Waals surface area contributed by atoms with Crippen LogP contribution in [0.1, 0.15) is 43.4 Å². The van der Waals surface area contributed by atoms with E-state index in [9.17, 15) is 9.59 Å². The van der Waals surface area contributed by atoms with Crippen molar-refractivity contribution in [1.82, 2.24) is 20.0 Å².